The van der Waals surface area contributed by atoms with Crippen LogP contribution in [0.15, 0.2) is 72.8 Å². The van der Waals surface area contributed by atoms with Crippen LogP contribution >= 0.6 is 0 Å². The SMILES string of the molecule is CCOc1ccc(NC(=O)CC2C(=O)Nc3ccccc3N2C(=O)c2cccc([N+](=O)[O-])c2)cc1. The normalized spacial score (nSPS) is 14.5. The van der Waals surface area contributed by atoms with Gasteiger partial charge in [-0.15, -0.1) is 0 Å². The number of benzene rings is 3. The minimum Gasteiger partial charge on any atom is -0.494 e. The van der Waals surface area contributed by atoms with Crippen molar-refractivity contribution < 1.29 is 24.0 Å². The highest BCUT2D eigenvalue weighted by atomic mass is 16.6. The number of fused-ring (bicyclic) bond motifs is 1. The lowest BCUT2D eigenvalue weighted by Crippen LogP contribution is -2.52. The molecule has 0 spiro atoms. The van der Waals surface area contributed by atoms with Crippen molar-refractivity contribution in [1.29, 1.82) is 0 Å². The smallest absolute Gasteiger partial charge is 0.270 e. The highest BCUT2D eigenvalue weighted by molar-refractivity contribution is 6.18. The zero-order valence-electron chi connectivity index (χ0n) is 18.8. The molecular formula is C25H22N4O6. The van der Waals surface area contributed by atoms with Crippen molar-refractivity contribution in [2.75, 3.05) is 22.1 Å². The number of nitro groups is 1. The highest BCUT2D eigenvalue weighted by Gasteiger charge is 2.38. The van der Waals surface area contributed by atoms with E-state index in [9.17, 15) is 24.5 Å². The Morgan fingerprint density at radius 2 is 1.83 bits per heavy atom. The molecule has 10 heteroatoms. The van der Waals surface area contributed by atoms with Crippen molar-refractivity contribution in [2.45, 2.75) is 19.4 Å². The largest absolute Gasteiger partial charge is 0.494 e. The van der Waals surface area contributed by atoms with E-state index in [4.69, 9.17) is 4.74 Å². The van der Waals surface area contributed by atoms with Crippen LogP contribution in [0.2, 0.25) is 0 Å². The molecule has 2 N–H and O–H groups in total. The number of hydrogen-bond acceptors (Lipinski definition) is 6. The third-order valence-electron chi connectivity index (χ3n) is 5.39. The lowest BCUT2D eigenvalue weighted by molar-refractivity contribution is -0.384. The van der Waals surface area contributed by atoms with Crippen molar-refractivity contribution in [1.82, 2.24) is 0 Å². The molecule has 10 nitrogen and oxygen atoms in total. The molecule has 0 bridgehead atoms. The van der Waals surface area contributed by atoms with Gasteiger partial charge >= 0.3 is 0 Å². The summed E-state index contributed by atoms with van der Waals surface area (Å²) in [6.45, 7) is 2.38. The second kappa shape index (κ2) is 10.0. The third kappa shape index (κ3) is 5.11. The van der Waals surface area contributed by atoms with Crippen molar-refractivity contribution in [3.8, 4) is 5.75 Å². The fraction of sp³-hybridized carbons (Fsp3) is 0.160. The first-order valence-electron chi connectivity index (χ1n) is 10.9. The molecule has 0 aliphatic carbocycles. The number of nitrogens with one attached hydrogen (secondary N) is 2. The Hall–Kier alpha value is -4.73. The number of hydrogen-bond donors (Lipinski definition) is 2. The van der Waals surface area contributed by atoms with E-state index in [1.807, 2.05) is 6.92 Å². The molecule has 0 radical (unpaired) electrons. The van der Waals surface area contributed by atoms with E-state index in [0.717, 1.165) is 6.07 Å². The van der Waals surface area contributed by atoms with E-state index < -0.39 is 28.7 Å². The zero-order chi connectivity index (χ0) is 24.9. The van der Waals surface area contributed by atoms with Gasteiger partial charge < -0.3 is 15.4 Å². The summed E-state index contributed by atoms with van der Waals surface area (Å²) < 4.78 is 5.39. The van der Waals surface area contributed by atoms with E-state index >= 15 is 0 Å². The van der Waals surface area contributed by atoms with Gasteiger partial charge in [-0.3, -0.25) is 29.4 Å². The Morgan fingerprint density at radius 3 is 2.54 bits per heavy atom. The van der Waals surface area contributed by atoms with Gasteiger partial charge in [0.05, 0.1) is 29.3 Å². The molecule has 1 unspecified atom stereocenters. The predicted octanol–water partition coefficient (Wildman–Crippen LogP) is 3.99. The summed E-state index contributed by atoms with van der Waals surface area (Å²) in [6.07, 6.45) is -0.325. The van der Waals surface area contributed by atoms with Crippen molar-refractivity contribution in [3.63, 3.8) is 0 Å². The molecule has 0 fully saturated rings. The second-order valence-electron chi connectivity index (χ2n) is 7.71. The van der Waals surface area contributed by atoms with Gasteiger partial charge in [-0.05, 0) is 49.4 Å². The monoisotopic (exact) mass is 474 g/mol. The van der Waals surface area contributed by atoms with Gasteiger partial charge in [0.2, 0.25) is 11.8 Å². The molecule has 3 amide bonds. The maximum atomic E-state index is 13.5. The van der Waals surface area contributed by atoms with Gasteiger partial charge in [-0.25, -0.2) is 0 Å². The predicted molar refractivity (Wildman–Crippen MR) is 130 cm³/mol. The van der Waals surface area contributed by atoms with Gasteiger partial charge in [-0.1, -0.05) is 18.2 Å². The molecule has 178 valence electrons. The maximum absolute atomic E-state index is 13.5. The Morgan fingerprint density at radius 1 is 1.09 bits per heavy atom. The lowest BCUT2D eigenvalue weighted by Gasteiger charge is -2.36. The summed E-state index contributed by atoms with van der Waals surface area (Å²) in [5.41, 5.74) is 1.07. The molecule has 3 aromatic rings. The number of anilines is 3. The Balaban J connectivity index is 1.62. The average molecular weight is 474 g/mol. The summed E-state index contributed by atoms with van der Waals surface area (Å²) in [5.74, 6) is -0.993. The first kappa shape index (κ1) is 23.4. The number of para-hydroxylation sites is 2. The number of carbonyl (C=O) groups excluding carboxylic acids is 3. The minimum atomic E-state index is -1.17. The number of non-ortho nitro benzene ring substituents is 1. The van der Waals surface area contributed by atoms with Crippen LogP contribution in [0, 0.1) is 10.1 Å². The van der Waals surface area contributed by atoms with Crippen molar-refractivity contribution in [2.24, 2.45) is 0 Å². The summed E-state index contributed by atoms with van der Waals surface area (Å²) in [5, 5.41) is 16.7. The van der Waals surface area contributed by atoms with Crippen LogP contribution < -0.4 is 20.3 Å². The molecule has 0 saturated carbocycles. The van der Waals surface area contributed by atoms with Crippen LogP contribution in [0.3, 0.4) is 0 Å². The van der Waals surface area contributed by atoms with E-state index in [1.165, 1.54) is 23.1 Å². The van der Waals surface area contributed by atoms with Gasteiger partial charge in [-0.2, -0.15) is 0 Å². The number of rotatable bonds is 7. The first-order valence-corrected chi connectivity index (χ1v) is 10.9. The Labute approximate surface area is 200 Å². The van der Waals surface area contributed by atoms with E-state index in [0.29, 0.717) is 29.4 Å². The number of ether oxygens (including phenoxy) is 1. The molecule has 1 aliphatic rings. The summed E-state index contributed by atoms with van der Waals surface area (Å²) in [7, 11) is 0. The molecule has 1 heterocycles. The van der Waals surface area contributed by atoms with Crippen LogP contribution in [-0.2, 0) is 9.59 Å². The molecule has 1 atom stereocenters. The van der Waals surface area contributed by atoms with Crippen molar-refractivity contribution in [3.05, 3.63) is 88.5 Å². The summed E-state index contributed by atoms with van der Waals surface area (Å²) in [6, 6.07) is 17.5. The van der Waals surface area contributed by atoms with E-state index in [-0.39, 0.29) is 17.7 Å². The average Bonchev–Trinajstić information content (AvgIpc) is 2.85. The molecule has 35 heavy (non-hydrogen) atoms. The van der Waals surface area contributed by atoms with Crippen LogP contribution in [-0.4, -0.2) is 35.3 Å². The molecular weight excluding hydrogens is 452 g/mol. The fourth-order valence-electron chi connectivity index (χ4n) is 3.81. The topological polar surface area (TPSA) is 131 Å². The van der Waals surface area contributed by atoms with Gasteiger partial charge in [0.25, 0.3) is 11.6 Å². The third-order valence-corrected chi connectivity index (χ3v) is 5.39. The summed E-state index contributed by atoms with van der Waals surface area (Å²) >= 11 is 0. The lowest BCUT2D eigenvalue weighted by atomic mass is 10.0. The standard InChI is InChI=1S/C25H22N4O6/c1-2-35-19-12-10-17(11-13-19)26-23(30)15-22-24(31)27-20-8-3-4-9-21(20)28(22)25(32)16-6-5-7-18(14-16)29(33)34/h3-14,22H,2,15H2,1H3,(H,26,30)(H,27,31). The molecule has 0 aromatic heterocycles. The Bertz CT molecular complexity index is 1290. The second-order valence-corrected chi connectivity index (χ2v) is 7.71. The first-order chi connectivity index (χ1) is 16.9. The number of nitrogens with zero attached hydrogens (tertiary/aromatic N) is 2. The molecule has 4 rings (SSSR count). The van der Waals surface area contributed by atoms with Gasteiger partial charge in [0.15, 0.2) is 0 Å². The molecule has 1 aliphatic heterocycles. The Kier molecular flexibility index (Phi) is 6.72. The highest BCUT2D eigenvalue weighted by Crippen LogP contribution is 2.34. The number of amides is 3. The van der Waals surface area contributed by atoms with Gasteiger partial charge in [0.1, 0.15) is 11.8 Å². The van der Waals surface area contributed by atoms with Crippen LogP contribution in [0.5, 0.6) is 5.75 Å². The van der Waals surface area contributed by atoms with Gasteiger partial charge in [0, 0.05) is 23.4 Å². The van der Waals surface area contributed by atoms with Crippen LogP contribution in [0.4, 0.5) is 22.7 Å². The van der Waals surface area contributed by atoms with Crippen molar-refractivity contribution >= 4 is 40.5 Å². The number of carbonyl (C=O) groups is 3. The molecule has 3 aromatic carbocycles. The van der Waals surface area contributed by atoms with E-state index in [1.54, 1.807) is 48.5 Å². The maximum Gasteiger partial charge on any atom is 0.270 e. The number of nitro benzene ring substituents is 1. The fourth-order valence-corrected chi connectivity index (χ4v) is 3.81. The van der Waals surface area contributed by atoms with E-state index in [2.05, 4.69) is 10.6 Å². The minimum absolute atomic E-state index is 0.0284. The summed E-state index contributed by atoms with van der Waals surface area (Å²) in [4.78, 5) is 51.1. The molecule has 0 saturated heterocycles. The van der Waals surface area contributed by atoms with Crippen LogP contribution in [0.1, 0.15) is 23.7 Å². The zero-order valence-corrected chi connectivity index (χ0v) is 18.8. The quantitative estimate of drug-likeness (QED) is 0.393. The van der Waals surface area contributed by atoms with Crippen LogP contribution in [0.25, 0.3) is 0 Å².